The summed E-state index contributed by atoms with van der Waals surface area (Å²) in [5.74, 6) is 1.37. The van der Waals surface area contributed by atoms with Crippen LogP contribution >= 0.6 is 34.8 Å². The van der Waals surface area contributed by atoms with Crippen LogP contribution in [0.4, 0.5) is 17.6 Å². The van der Waals surface area contributed by atoms with E-state index in [4.69, 9.17) is 49.5 Å². The summed E-state index contributed by atoms with van der Waals surface area (Å²) in [6, 6.07) is 35.9. The molecule has 0 amide bonds. The Morgan fingerprint density at radius 1 is 0.418 bits per heavy atom. The number of alkyl halides is 3. The van der Waals surface area contributed by atoms with Crippen LogP contribution in [-0.4, -0.2) is 11.8 Å². The smallest absolute Gasteiger partial charge is 0.416 e. The number of benzene rings is 5. The van der Waals surface area contributed by atoms with Gasteiger partial charge in [0, 0.05) is 22.4 Å². The highest BCUT2D eigenvalue weighted by atomic mass is 35.5. The van der Waals surface area contributed by atoms with Crippen molar-refractivity contribution in [2.75, 3.05) is 6.79 Å². The number of aromatic nitrogens is 1. The van der Waals surface area contributed by atoms with Gasteiger partial charge in [0.2, 0.25) is 6.79 Å². The molecule has 0 saturated heterocycles. The van der Waals surface area contributed by atoms with Crippen molar-refractivity contribution in [1.29, 1.82) is 5.26 Å². The molecule has 6 aromatic rings. The number of hydrogen-bond acceptors (Lipinski definition) is 4. The van der Waals surface area contributed by atoms with Crippen molar-refractivity contribution in [1.82, 2.24) is 4.98 Å². The lowest BCUT2D eigenvalue weighted by atomic mass is 9.86. The lowest BCUT2D eigenvalue weighted by Gasteiger charge is -2.19. The lowest BCUT2D eigenvalue weighted by molar-refractivity contribution is -0.137. The van der Waals surface area contributed by atoms with Crippen LogP contribution in [0.5, 0.6) is 11.5 Å². The van der Waals surface area contributed by atoms with Crippen LogP contribution < -0.4 is 9.47 Å². The molecular weight excluding hydrogens is 1060 g/mol. The summed E-state index contributed by atoms with van der Waals surface area (Å²) in [7, 11) is 0. The fourth-order valence-electron chi connectivity index (χ4n) is 6.38. The Hall–Kier alpha value is -5.07. The maximum Gasteiger partial charge on any atom is 0.416 e. The first kappa shape index (κ1) is 82.8. The van der Waals surface area contributed by atoms with Gasteiger partial charge in [-0.3, -0.25) is 4.98 Å². The Morgan fingerprint density at radius 3 is 1.18 bits per heavy atom. The second-order valence-electron chi connectivity index (χ2n) is 23.9. The highest BCUT2D eigenvalue weighted by molar-refractivity contribution is 6.34. The van der Waals surface area contributed by atoms with Gasteiger partial charge >= 0.3 is 6.18 Å². The van der Waals surface area contributed by atoms with E-state index in [0.29, 0.717) is 16.8 Å². The van der Waals surface area contributed by atoms with Gasteiger partial charge in [0.15, 0.2) is 11.5 Å². The fraction of sp³-hybridized carbons (Fsp3) is 0.471. The van der Waals surface area contributed by atoms with Gasteiger partial charge in [-0.1, -0.05) is 240 Å². The van der Waals surface area contributed by atoms with E-state index >= 15 is 0 Å². The number of nitriles is 1. The van der Waals surface area contributed by atoms with Gasteiger partial charge in [0.25, 0.3) is 0 Å². The SMILES string of the molecule is C.C.C.C.C.C.CC(C)(C)c1cc(Cl)cc(Cl)c1.CC(C)(C)c1ccc(C(F)(F)F)cc1.CC(C)(C)c1ccc(F)c(Cl)c1.CC(C)(C)c1ccc2c(c1)OCO2.CC(C)(C)c1cccc(C#N)c1.CC(C)(C)c1ccncc1. The van der Waals surface area contributed by atoms with Crippen molar-refractivity contribution in [2.24, 2.45) is 0 Å². The molecule has 0 atom stereocenters. The number of fused-ring (bicyclic) bond motifs is 1. The molecule has 0 saturated carbocycles. The molecule has 1 aliphatic rings. The van der Waals surface area contributed by atoms with E-state index < -0.39 is 11.7 Å². The molecule has 0 fully saturated rings. The number of nitrogens with zero attached hydrogens (tertiary/aromatic N) is 2. The van der Waals surface area contributed by atoms with Crippen molar-refractivity contribution < 1.29 is 27.0 Å². The lowest BCUT2D eigenvalue weighted by Crippen LogP contribution is -2.12. The van der Waals surface area contributed by atoms with Gasteiger partial charge in [0.05, 0.1) is 22.2 Å². The van der Waals surface area contributed by atoms with Gasteiger partial charge < -0.3 is 9.47 Å². The fourth-order valence-corrected chi connectivity index (χ4v) is 7.09. The molecule has 0 N–H and O–H groups in total. The van der Waals surface area contributed by atoms with Crippen molar-refractivity contribution in [3.05, 3.63) is 193 Å². The summed E-state index contributed by atoms with van der Waals surface area (Å²) >= 11 is 17.4. The van der Waals surface area contributed by atoms with Crippen LogP contribution in [0.25, 0.3) is 0 Å². The first-order valence-electron chi connectivity index (χ1n) is 24.1. The van der Waals surface area contributed by atoms with E-state index in [9.17, 15) is 17.6 Å². The molecule has 1 aromatic heterocycles. The molecule has 1 aliphatic heterocycles. The minimum atomic E-state index is -4.24. The summed E-state index contributed by atoms with van der Waals surface area (Å²) in [5.41, 5.74) is 7.67. The molecule has 7 rings (SSSR count). The van der Waals surface area contributed by atoms with Gasteiger partial charge in [-0.05, 0) is 145 Å². The average Bonchev–Trinajstić information content (AvgIpc) is 3.75. The summed E-state index contributed by atoms with van der Waals surface area (Å²) in [5, 5.41) is 10.3. The van der Waals surface area contributed by atoms with E-state index in [2.05, 4.69) is 145 Å². The molecule has 0 radical (unpaired) electrons. The zero-order valence-corrected chi connectivity index (χ0v) is 48.5. The second kappa shape index (κ2) is 34.3. The van der Waals surface area contributed by atoms with E-state index in [1.807, 2.05) is 69.6 Å². The van der Waals surface area contributed by atoms with Crippen molar-refractivity contribution >= 4 is 34.8 Å². The number of halogens is 7. The van der Waals surface area contributed by atoms with Gasteiger partial charge in [-0.25, -0.2) is 4.39 Å². The van der Waals surface area contributed by atoms with Gasteiger partial charge in [-0.2, -0.15) is 18.4 Å². The summed E-state index contributed by atoms with van der Waals surface area (Å²) in [6.45, 7) is 38.4. The average molecular weight is 1160 g/mol. The number of hydrogen-bond donors (Lipinski definition) is 0. The standard InChI is InChI=1S/C11H13F3.C11H13N.C11H14O2.C10H12Cl2.C10H12ClF.C9H13N.6CH4/c1-10(2,3)8-4-6-9(7-5-8)11(12,13)14;1-11(2,3)10-6-4-5-9(7-10)8-12;1-11(2,3)8-4-5-9-10(6-8)13-7-12-9;1-10(2,3)7-4-8(11)6-9(12)5-7;1-10(2,3)7-4-5-9(12)8(11)6-7;1-9(2,3)8-4-6-10-7-5-8;;;;;;/h4-7H,1-3H3;4-7H,1-3H3;4-6H,7H2,1-3H3;2*4-6H,1-3H3;4-7H,1-3H3;6*1H4. The molecule has 79 heavy (non-hydrogen) atoms. The first-order valence-corrected chi connectivity index (χ1v) is 25.3. The van der Waals surface area contributed by atoms with E-state index in [1.165, 1.54) is 40.5 Å². The van der Waals surface area contributed by atoms with Crippen LogP contribution in [0.3, 0.4) is 0 Å². The van der Waals surface area contributed by atoms with E-state index in [0.717, 1.165) is 40.3 Å². The summed E-state index contributed by atoms with van der Waals surface area (Å²) < 4.78 is 60.0. The van der Waals surface area contributed by atoms with Crippen LogP contribution in [0.15, 0.2) is 128 Å². The van der Waals surface area contributed by atoms with Crippen LogP contribution in [0, 0.1) is 17.1 Å². The number of ether oxygens (including phenoxy) is 2. The molecule has 11 heteroatoms. The summed E-state index contributed by atoms with van der Waals surface area (Å²) in [4.78, 5) is 3.96. The predicted molar refractivity (Wildman–Crippen MR) is 340 cm³/mol. The minimum Gasteiger partial charge on any atom is -0.454 e. The number of rotatable bonds is 0. The van der Waals surface area contributed by atoms with Crippen LogP contribution in [0.2, 0.25) is 15.1 Å². The normalized spacial score (nSPS) is 11.4. The largest absolute Gasteiger partial charge is 0.454 e. The molecule has 0 bridgehead atoms. The molecule has 0 spiro atoms. The van der Waals surface area contributed by atoms with Crippen molar-refractivity contribution in [3.63, 3.8) is 0 Å². The Kier molecular flexibility index (Phi) is 35.9. The zero-order valence-electron chi connectivity index (χ0n) is 46.2. The van der Waals surface area contributed by atoms with Crippen LogP contribution in [0.1, 0.15) is 214 Å². The predicted octanol–water partition coefficient (Wildman–Crippen LogP) is 23.8. The van der Waals surface area contributed by atoms with E-state index in [1.54, 1.807) is 18.2 Å². The second-order valence-corrected chi connectivity index (χ2v) is 25.1. The Balaban J connectivity index is -0.000000274. The highest BCUT2D eigenvalue weighted by Crippen LogP contribution is 2.36. The molecule has 5 aromatic carbocycles. The zero-order chi connectivity index (χ0) is 56.0. The summed E-state index contributed by atoms with van der Waals surface area (Å²) in [6.07, 6.45) is -0.572. The molecule has 444 valence electrons. The van der Waals surface area contributed by atoms with Crippen molar-refractivity contribution in [2.45, 2.75) is 208 Å². The van der Waals surface area contributed by atoms with E-state index in [-0.39, 0.29) is 87.9 Å². The maximum atomic E-state index is 12.8. The first-order chi connectivity index (χ1) is 33.2. The molecule has 0 aliphatic carbocycles. The third kappa shape index (κ3) is 29.8. The molecular formula is C68H101Cl3F4N2O2. The Labute approximate surface area is 494 Å². The third-order valence-corrected chi connectivity index (χ3v) is 12.0. The number of pyridine rings is 1. The van der Waals surface area contributed by atoms with Crippen LogP contribution in [-0.2, 0) is 38.7 Å². The molecule has 2 heterocycles. The monoisotopic (exact) mass is 1160 g/mol. The van der Waals surface area contributed by atoms with Gasteiger partial charge in [0.1, 0.15) is 5.82 Å². The van der Waals surface area contributed by atoms with Gasteiger partial charge in [-0.15, -0.1) is 0 Å². The topological polar surface area (TPSA) is 55.1 Å². The highest BCUT2D eigenvalue weighted by Gasteiger charge is 2.30. The molecule has 0 unspecified atom stereocenters. The third-order valence-electron chi connectivity index (χ3n) is 11.2. The maximum absolute atomic E-state index is 12.8. The Bertz CT molecular complexity index is 2640. The van der Waals surface area contributed by atoms with Crippen molar-refractivity contribution in [3.8, 4) is 17.6 Å². The quantitative estimate of drug-likeness (QED) is 0.142. The minimum absolute atomic E-state index is 0. The molecule has 4 nitrogen and oxygen atoms in total. The Morgan fingerprint density at radius 2 is 0.785 bits per heavy atom.